The van der Waals surface area contributed by atoms with Gasteiger partial charge in [0.1, 0.15) is 11.4 Å². The lowest BCUT2D eigenvalue weighted by Gasteiger charge is -2.14. The third-order valence-corrected chi connectivity index (χ3v) is 2.55. The fourth-order valence-electron chi connectivity index (χ4n) is 1.45. The first-order valence-electron chi connectivity index (χ1n) is 5.38. The van der Waals surface area contributed by atoms with Crippen molar-refractivity contribution < 1.29 is 17.9 Å². The maximum Gasteiger partial charge on any atom is 0.420 e. The van der Waals surface area contributed by atoms with Gasteiger partial charge in [0.2, 0.25) is 11.2 Å². The first kappa shape index (κ1) is 14.9. The van der Waals surface area contributed by atoms with E-state index in [9.17, 15) is 13.2 Å². The highest BCUT2D eigenvalue weighted by Crippen LogP contribution is 2.39. The Kier molecular flexibility index (Phi) is 3.86. The van der Waals surface area contributed by atoms with E-state index in [0.29, 0.717) is 6.07 Å². The number of hydrogen-bond acceptors (Lipinski definition) is 5. The van der Waals surface area contributed by atoms with E-state index in [1.54, 1.807) is 6.07 Å². The lowest BCUT2D eigenvalue weighted by molar-refractivity contribution is -0.138. The van der Waals surface area contributed by atoms with Crippen LogP contribution in [-0.4, -0.2) is 9.97 Å². The smallest absolute Gasteiger partial charge is 0.420 e. The van der Waals surface area contributed by atoms with Crippen molar-refractivity contribution in [2.75, 3.05) is 5.73 Å². The molecule has 108 valence electrons. The summed E-state index contributed by atoms with van der Waals surface area (Å²) in [6.07, 6.45) is -3.59. The number of nitrogens with two attached hydrogens (primary N) is 1. The molecule has 9 heteroatoms. The largest absolute Gasteiger partial charge is 0.436 e. The molecule has 0 aliphatic rings. The Bertz CT molecular complexity index is 727. The van der Waals surface area contributed by atoms with Crippen molar-refractivity contribution in [2.45, 2.75) is 6.18 Å². The van der Waals surface area contributed by atoms with Crippen LogP contribution in [-0.2, 0) is 6.18 Å². The Hall–Kier alpha value is -2.53. The zero-order valence-electron chi connectivity index (χ0n) is 10.1. The minimum Gasteiger partial charge on any atom is -0.436 e. The van der Waals surface area contributed by atoms with E-state index >= 15 is 0 Å². The third-order valence-electron chi connectivity index (χ3n) is 2.37. The zero-order valence-corrected chi connectivity index (χ0v) is 10.9. The maximum absolute atomic E-state index is 13.0. The molecule has 0 amide bonds. The van der Waals surface area contributed by atoms with Crippen LogP contribution < -0.4 is 10.5 Å². The Balaban J connectivity index is 2.49. The van der Waals surface area contributed by atoms with E-state index in [0.717, 1.165) is 12.3 Å². The minimum absolute atomic E-state index is 0.0723. The average Bonchev–Trinajstić information content (AvgIpc) is 2.42. The highest BCUT2D eigenvalue weighted by atomic mass is 35.5. The number of nitriles is 1. The van der Waals surface area contributed by atoms with Gasteiger partial charge in [0.05, 0.1) is 23.4 Å². The fourth-order valence-corrected chi connectivity index (χ4v) is 1.58. The second-order valence-corrected chi connectivity index (χ2v) is 4.16. The van der Waals surface area contributed by atoms with Crippen molar-refractivity contribution in [3.8, 4) is 17.7 Å². The van der Waals surface area contributed by atoms with Gasteiger partial charge in [-0.3, -0.25) is 0 Å². The molecule has 21 heavy (non-hydrogen) atoms. The third kappa shape index (κ3) is 3.32. The Morgan fingerprint density at radius 2 is 2.05 bits per heavy atom. The number of rotatable bonds is 2. The average molecular weight is 315 g/mol. The molecular weight excluding hydrogens is 309 g/mol. The molecular formula is C12H6ClF3N4O. The van der Waals surface area contributed by atoms with Crippen LogP contribution in [0.25, 0.3) is 0 Å². The van der Waals surface area contributed by atoms with Gasteiger partial charge in [-0.15, -0.1) is 0 Å². The molecule has 0 fully saturated rings. The van der Waals surface area contributed by atoms with Gasteiger partial charge in [0.25, 0.3) is 0 Å². The molecule has 0 saturated heterocycles. The number of nitrogen functional groups attached to an aromatic ring is 1. The maximum atomic E-state index is 13.0. The number of benzene rings is 1. The van der Waals surface area contributed by atoms with Gasteiger partial charge >= 0.3 is 6.18 Å². The second kappa shape index (κ2) is 5.46. The van der Waals surface area contributed by atoms with Crippen LogP contribution in [0, 0.1) is 11.3 Å². The van der Waals surface area contributed by atoms with Crippen molar-refractivity contribution in [3.05, 3.63) is 40.8 Å². The van der Waals surface area contributed by atoms with E-state index in [1.165, 1.54) is 6.07 Å². The molecule has 2 rings (SSSR count). The summed E-state index contributed by atoms with van der Waals surface area (Å²) in [7, 11) is 0. The SMILES string of the molecule is N#Cc1ccc(Oc2nc(Cl)ncc2N)c(C(F)(F)F)c1. The van der Waals surface area contributed by atoms with Crippen molar-refractivity contribution in [1.29, 1.82) is 5.26 Å². The number of ether oxygens (including phenoxy) is 1. The van der Waals surface area contributed by atoms with Crippen molar-refractivity contribution in [2.24, 2.45) is 0 Å². The van der Waals surface area contributed by atoms with Crippen LogP contribution in [0.15, 0.2) is 24.4 Å². The van der Waals surface area contributed by atoms with Gasteiger partial charge in [0, 0.05) is 0 Å². The first-order chi connectivity index (χ1) is 9.81. The van der Waals surface area contributed by atoms with Crippen molar-refractivity contribution in [3.63, 3.8) is 0 Å². The van der Waals surface area contributed by atoms with E-state index in [4.69, 9.17) is 27.3 Å². The molecule has 0 bridgehead atoms. The number of hydrogen-bond donors (Lipinski definition) is 1. The highest BCUT2D eigenvalue weighted by Gasteiger charge is 2.35. The Morgan fingerprint density at radius 1 is 1.33 bits per heavy atom. The standard InChI is InChI=1S/C12H6ClF3N4O/c13-11-19-5-8(18)10(20-11)21-9-2-1-6(4-17)3-7(9)12(14,15)16/h1-3,5H,18H2. The lowest BCUT2D eigenvalue weighted by Crippen LogP contribution is -2.08. The monoisotopic (exact) mass is 314 g/mol. The number of aromatic nitrogens is 2. The molecule has 0 aliphatic heterocycles. The van der Waals surface area contributed by atoms with Crippen LogP contribution in [0.5, 0.6) is 11.6 Å². The summed E-state index contributed by atoms with van der Waals surface area (Å²) in [4.78, 5) is 7.17. The van der Waals surface area contributed by atoms with Gasteiger partial charge in [0.15, 0.2) is 0 Å². The van der Waals surface area contributed by atoms with Gasteiger partial charge in [-0.2, -0.15) is 23.4 Å². The van der Waals surface area contributed by atoms with Crippen LogP contribution in [0.1, 0.15) is 11.1 Å². The lowest BCUT2D eigenvalue weighted by atomic mass is 10.1. The summed E-state index contributed by atoms with van der Waals surface area (Å²) in [5.41, 5.74) is 4.17. The van der Waals surface area contributed by atoms with E-state index in [-0.39, 0.29) is 22.4 Å². The molecule has 1 heterocycles. The predicted molar refractivity (Wildman–Crippen MR) is 67.7 cm³/mol. The molecule has 0 saturated carbocycles. The molecule has 0 atom stereocenters. The summed E-state index contributed by atoms with van der Waals surface area (Å²) in [6.45, 7) is 0. The van der Waals surface area contributed by atoms with Gasteiger partial charge in [-0.25, -0.2) is 4.98 Å². The molecule has 2 aromatic rings. The van der Waals surface area contributed by atoms with E-state index < -0.39 is 17.5 Å². The van der Waals surface area contributed by atoms with E-state index in [2.05, 4.69) is 9.97 Å². The van der Waals surface area contributed by atoms with Gasteiger partial charge < -0.3 is 10.5 Å². The fraction of sp³-hybridized carbons (Fsp3) is 0.0833. The van der Waals surface area contributed by atoms with Crippen molar-refractivity contribution >= 4 is 17.3 Å². The van der Waals surface area contributed by atoms with Crippen molar-refractivity contribution in [1.82, 2.24) is 9.97 Å². The topological polar surface area (TPSA) is 84.8 Å². The van der Waals surface area contributed by atoms with Crippen LogP contribution in [0.4, 0.5) is 18.9 Å². The Morgan fingerprint density at radius 3 is 2.67 bits per heavy atom. The predicted octanol–water partition coefficient (Wildman–Crippen LogP) is 3.39. The van der Waals surface area contributed by atoms with Gasteiger partial charge in [-0.1, -0.05) is 0 Å². The quantitative estimate of drug-likeness (QED) is 0.859. The molecule has 0 aliphatic carbocycles. The molecule has 2 N–H and O–H groups in total. The molecule has 1 aromatic carbocycles. The van der Waals surface area contributed by atoms with Crippen LogP contribution in [0.3, 0.4) is 0 Å². The number of halogens is 4. The van der Waals surface area contributed by atoms with Crippen LogP contribution >= 0.6 is 11.6 Å². The summed E-state index contributed by atoms with van der Waals surface area (Å²) >= 11 is 5.54. The highest BCUT2D eigenvalue weighted by molar-refractivity contribution is 6.28. The van der Waals surface area contributed by atoms with Crippen LogP contribution in [0.2, 0.25) is 5.28 Å². The molecule has 0 unspecified atom stereocenters. The number of nitrogens with zero attached hydrogens (tertiary/aromatic N) is 3. The molecule has 1 aromatic heterocycles. The summed E-state index contributed by atoms with van der Waals surface area (Å²) in [5.74, 6) is -0.840. The number of alkyl halides is 3. The molecule has 0 spiro atoms. The molecule has 0 radical (unpaired) electrons. The van der Waals surface area contributed by atoms with E-state index in [1.807, 2.05) is 0 Å². The zero-order chi connectivity index (χ0) is 15.6. The first-order valence-corrected chi connectivity index (χ1v) is 5.76. The molecule has 5 nitrogen and oxygen atoms in total. The summed E-state index contributed by atoms with van der Waals surface area (Å²) in [6, 6.07) is 4.49. The number of anilines is 1. The minimum atomic E-state index is -4.70. The Labute approximate surface area is 121 Å². The van der Waals surface area contributed by atoms with Gasteiger partial charge in [-0.05, 0) is 29.8 Å². The normalized spacial score (nSPS) is 11.0. The summed E-state index contributed by atoms with van der Waals surface area (Å²) < 4.78 is 44.0. The summed E-state index contributed by atoms with van der Waals surface area (Å²) in [5, 5.41) is 8.45. The second-order valence-electron chi connectivity index (χ2n) is 3.82.